The number of aromatic nitrogens is 2. The van der Waals surface area contributed by atoms with Gasteiger partial charge in [0.25, 0.3) is 0 Å². The molecule has 2 saturated heterocycles. The van der Waals surface area contributed by atoms with Gasteiger partial charge >= 0.3 is 0 Å². The predicted molar refractivity (Wildman–Crippen MR) is 65.0 cm³/mol. The Bertz CT molecular complexity index is 359. The van der Waals surface area contributed by atoms with Crippen molar-refractivity contribution in [1.82, 2.24) is 15.3 Å². The van der Waals surface area contributed by atoms with Gasteiger partial charge in [-0.2, -0.15) is 0 Å². The molecule has 2 aliphatic heterocycles. The van der Waals surface area contributed by atoms with Gasteiger partial charge in [-0.3, -0.25) is 0 Å². The molecule has 3 heterocycles. The lowest BCUT2D eigenvalue weighted by Gasteiger charge is -2.45. The Morgan fingerprint density at radius 1 is 1.24 bits per heavy atom. The number of rotatable bonds is 1. The molecule has 1 spiro atoms. The molecule has 0 aromatic carbocycles. The number of hydrogen-bond acceptors (Lipinski definition) is 5. The van der Waals surface area contributed by atoms with Crippen molar-refractivity contribution in [2.75, 3.05) is 37.7 Å². The minimum absolute atomic E-state index is 0.0166. The van der Waals surface area contributed by atoms with Crippen molar-refractivity contribution in [3.8, 4) is 0 Å². The van der Waals surface area contributed by atoms with Crippen molar-refractivity contribution in [2.24, 2.45) is 0 Å². The Kier molecular flexibility index (Phi) is 2.94. The van der Waals surface area contributed by atoms with Crippen LogP contribution in [0.3, 0.4) is 0 Å². The van der Waals surface area contributed by atoms with E-state index in [1.54, 1.807) is 12.4 Å². The van der Waals surface area contributed by atoms with Gasteiger partial charge < -0.3 is 15.0 Å². The van der Waals surface area contributed by atoms with Crippen LogP contribution in [0.25, 0.3) is 0 Å². The molecule has 5 nitrogen and oxygen atoms in total. The van der Waals surface area contributed by atoms with E-state index in [2.05, 4.69) is 20.2 Å². The maximum Gasteiger partial charge on any atom is 0.225 e. The Morgan fingerprint density at radius 3 is 2.76 bits per heavy atom. The quantitative estimate of drug-likeness (QED) is 0.764. The summed E-state index contributed by atoms with van der Waals surface area (Å²) in [6.07, 6.45) is 5.76. The van der Waals surface area contributed by atoms with Crippen molar-refractivity contribution in [1.29, 1.82) is 0 Å². The maximum atomic E-state index is 6.02. The average Bonchev–Trinajstić information content (AvgIpc) is 2.41. The normalized spacial score (nSPS) is 23.9. The number of nitrogens with one attached hydrogen (secondary N) is 1. The van der Waals surface area contributed by atoms with Gasteiger partial charge in [0.2, 0.25) is 5.95 Å². The first-order valence-electron chi connectivity index (χ1n) is 6.25. The van der Waals surface area contributed by atoms with Crippen LogP contribution in [0, 0.1) is 0 Å². The number of piperidine rings is 1. The molecule has 2 fully saturated rings. The van der Waals surface area contributed by atoms with Crippen molar-refractivity contribution >= 4 is 5.95 Å². The van der Waals surface area contributed by atoms with Crippen LogP contribution >= 0.6 is 0 Å². The first-order valence-corrected chi connectivity index (χ1v) is 6.25. The molecule has 0 saturated carbocycles. The Morgan fingerprint density at radius 2 is 2.00 bits per heavy atom. The third kappa shape index (κ3) is 2.25. The summed E-state index contributed by atoms with van der Waals surface area (Å²) in [7, 11) is 0. The van der Waals surface area contributed by atoms with E-state index in [0.29, 0.717) is 0 Å². The predicted octanol–water partition coefficient (Wildman–Crippen LogP) is 0.435. The highest BCUT2D eigenvalue weighted by molar-refractivity contribution is 5.30. The highest BCUT2D eigenvalue weighted by Gasteiger charge is 2.38. The van der Waals surface area contributed by atoms with E-state index < -0.39 is 0 Å². The second-order valence-electron chi connectivity index (χ2n) is 4.75. The fraction of sp³-hybridized carbons (Fsp3) is 0.667. The van der Waals surface area contributed by atoms with E-state index >= 15 is 0 Å². The van der Waals surface area contributed by atoms with Gasteiger partial charge in [-0.15, -0.1) is 0 Å². The van der Waals surface area contributed by atoms with E-state index in [1.807, 2.05) is 6.07 Å². The first-order chi connectivity index (χ1) is 8.38. The fourth-order valence-electron chi connectivity index (χ4n) is 2.65. The molecule has 0 unspecified atom stereocenters. The monoisotopic (exact) mass is 234 g/mol. The topological polar surface area (TPSA) is 50.3 Å². The minimum atomic E-state index is 0.0166. The number of anilines is 1. The van der Waals surface area contributed by atoms with Crippen molar-refractivity contribution in [3.05, 3.63) is 18.5 Å². The van der Waals surface area contributed by atoms with Crippen molar-refractivity contribution in [3.63, 3.8) is 0 Å². The second kappa shape index (κ2) is 4.58. The highest BCUT2D eigenvalue weighted by Crippen LogP contribution is 2.28. The molecule has 0 radical (unpaired) electrons. The van der Waals surface area contributed by atoms with E-state index in [-0.39, 0.29) is 5.60 Å². The molecule has 3 rings (SSSR count). The first kappa shape index (κ1) is 10.9. The van der Waals surface area contributed by atoms with Crippen molar-refractivity contribution < 1.29 is 4.74 Å². The number of morpholine rings is 1. The zero-order valence-electron chi connectivity index (χ0n) is 9.93. The lowest BCUT2D eigenvalue weighted by Crippen LogP contribution is -2.56. The number of ether oxygens (including phenoxy) is 1. The molecule has 1 aromatic rings. The Labute approximate surface area is 101 Å². The fourth-order valence-corrected chi connectivity index (χ4v) is 2.65. The van der Waals surface area contributed by atoms with Crippen LogP contribution in [0.5, 0.6) is 0 Å². The third-order valence-corrected chi connectivity index (χ3v) is 3.60. The van der Waals surface area contributed by atoms with Crippen LogP contribution in [0.1, 0.15) is 12.8 Å². The standard InChI is InChI=1S/C12H18N4O/c1-4-14-11(15-5-1)16-8-9-17-12(10-16)2-6-13-7-3-12/h1,4-5,13H,2-3,6-10H2. The molecule has 17 heavy (non-hydrogen) atoms. The summed E-state index contributed by atoms with van der Waals surface area (Å²) in [6.45, 7) is 4.67. The van der Waals surface area contributed by atoms with E-state index in [1.165, 1.54) is 0 Å². The van der Waals surface area contributed by atoms with Crippen LogP contribution in [0.15, 0.2) is 18.5 Å². The maximum absolute atomic E-state index is 6.02. The highest BCUT2D eigenvalue weighted by atomic mass is 16.5. The van der Waals surface area contributed by atoms with Gasteiger partial charge in [-0.25, -0.2) is 9.97 Å². The van der Waals surface area contributed by atoms with Crippen LogP contribution in [0.4, 0.5) is 5.95 Å². The summed E-state index contributed by atoms with van der Waals surface area (Å²) in [5, 5.41) is 3.38. The average molecular weight is 234 g/mol. The van der Waals surface area contributed by atoms with Gasteiger partial charge in [0.05, 0.1) is 18.8 Å². The molecule has 5 heteroatoms. The molecule has 1 aromatic heterocycles. The summed E-state index contributed by atoms with van der Waals surface area (Å²) < 4.78 is 6.02. The molecule has 0 amide bonds. The second-order valence-corrected chi connectivity index (χ2v) is 4.75. The van der Waals surface area contributed by atoms with Gasteiger partial charge in [0.1, 0.15) is 0 Å². The Balaban J connectivity index is 1.75. The lowest BCUT2D eigenvalue weighted by molar-refractivity contribution is -0.0742. The molecule has 92 valence electrons. The molecule has 0 aliphatic carbocycles. The number of nitrogens with zero attached hydrogens (tertiary/aromatic N) is 3. The smallest absolute Gasteiger partial charge is 0.225 e. The molecular weight excluding hydrogens is 216 g/mol. The zero-order valence-corrected chi connectivity index (χ0v) is 9.93. The number of hydrogen-bond donors (Lipinski definition) is 1. The molecule has 0 bridgehead atoms. The van der Waals surface area contributed by atoms with Gasteiger partial charge in [-0.05, 0) is 32.0 Å². The SMILES string of the molecule is c1cnc(N2CCOC3(CCNCC3)C2)nc1. The van der Waals surface area contributed by atoms with Crippen LogP contribution < -0.4 is 10.2 Å². The summed E-state index contributed by atoms with van der Waals surface area (Å²) in [4.78, 5) is 10.9. The summed E-state index contributed by atoms with van der Waals surface area (Å²) in [5.41, 5.74) is 0.0166. The summed E-state index contributed by atoms with van der Waals surface area (Å²) in [5.74, 6) is 0.828. The van der Waals surface area contributed by atoms with E-state index in [9.17, 15) is 0 Å². The van der Waals surface area contributed by atoms with Gasteiger partial charge in [0, 0.05) is 18.9 Å². The zero-order chi connectivity index (χ0) is 11.6. The van der Waals surface area contributed by atoms with E-state index in [4.69, 9.17) is 4.74 Å². The minimum Gasteiger partial charge on any atom is -0.371 e. The summed E-state index contributed by atoms with van der Waals surface area (Å²) in [6, 6.07) is 1.85. The molecule has 2 aliphatic rings. The lowest BCUT2D eigenvalue weighted by atomic mass is 9.90. The molecule has 0 atom stereocenters. The largest absolute Gasteiger partial charge is 0.371 e. The Hall–Kier alpha value is -1.20. The van der Waals surface area contributed by atoms with E-state index in [0.717, 1.165) is 51.6 Å². The third-order valence-electron chi connectivity index (χ3n) is 3.60. The summed E-state index contributed by atoms with van der Waals surface area (Å²) >= 11 is 0. The van der Waals surface area contributed by atoms with Gasteiger partial charge in [-0.1, -0.05) is 0 Å². The molecular formula is C12H18N4O. The van der Waals surface area contributed by atoms with Crippen LogP contribution in [0.2, 0.25) is 0 Å². The van der Waals surface area contributed by atoms with Gasteiger partial charge in [0.15, 0.2) is 0 Å². The van der Waals surface area contributed by atoms with Crippen LogP contribution in [-0.2, 0) is 4.74 Å². The molecule has 1 N–H and O–H groups in total. The van der Waals surface area contributed by atoms with Crippen molar-refractivity contribution in [2.45, 2.75) is 18.4 Å². The van der Waals surface area contributed by atoms with Crippen LogP contribution in [-0.4, -0.2) is 48.4 Å².